The van der Waals surface area contributed by atoms with Gasteiger partial charge in [0, 0.05) is 36.6 Å². The van der Waals surface area contributed by atoms with Crippen LogP contribution in [0.3, 0.4) is 0 Å². The molecule has 0 N–H and O–H groups in total. The van der Waals surface area contributed by atoms with Gasteiger partial charge in [0.2, 0.25) is 0 Å². The first-order valence-electron chi connectivity index (χ1n) is 7.58. The second-order valence-electron chi connectivity index (χ2n) is 7.74. The Morgan fingerprint density at radius 1 is 1.17 bits per heavy atom. The van der Waals surface area contributed by atoms with Gasteiger partial charge in [0.25, 0.3) is 0 Å². The van der Waals surface area contributed by atoms with Crippen LogP contribution in [0.5, 0.6) is 0 Å². The topological polar surface area (TPSA) is 34.1 Å². The smallest absolute Gasteiger partial charge is 0.136 e. The van der Waals surface area contributed by atoms with Crippen LogP contribution in [0.2, 0.25) is 0 Å². The summed E-state index contributed by atoms with van der Waals surface area (Å²) in [5.41, 5.74) is -1.31. The van der Waals surface area contributed by atoms with Gasteiger partial charge in [0.05, 0.1) is 0 Å². The molecule has 0 aliphatic rings. The van der Waals surface area contributed by atoms with E-state index < -0.39 is 26.4 Å². The second-order valence-corrected chi connectivity index (χ2v) is 10.9. The van der Waals surface area contributed by atoms with E-state index in [0.717, 1.165) is 4.47 Å². The van der Waals surface area contributed by atoms with Crippen LogP contribution in [0, 0.1) is 11.2 Å². The van der Waals surface area contributed by atoms with Crippen molar-refractivity contribution in [1.82, 2.24) is 0 Å². The standard InChI is InChI=1S/C18H26BrFO2S/c1-12(21)17(5,6)18(7,11-23(22)16(2,3)4)14-10-13(19)8-9-15(14)20/h8-10H,11H2,1-7H3/t18-,23-/m1/s1. The van der Waals surface area contributed by atoms with Gasteiger partial charge in [-0.2, -0.15) is 0 Å². The van der Waals surface area contributed by atoms with E-state index in [4.69, 9.17) is 0 Å². The molecule has 0 saturated carbocycles. The third kappa shape index (κ3) is 4.11. The molecule has 2 nitrogen and oxygen atoms in total. The molecule has 0 aliphatic carbocycles. The number of Topliss-reactive ketones (excluding diaryl/α,β-unsaturated/α-hetero) is 1. The summed E-state index contributed by atoms with van der Waals surface area (Å²) in [6.07, 6.45) is 0. The molecular weight excluding hydrogens is 379 g/mol. The molecule has 0 saturated heterocycles. The number of carbonyl (C=O) groups is 1. The number of benzene rings is 1. The van der Waals surface area contributed by atoms with Crippen molar-refractivity contribution >= 4 is 32.5 Å². The minimum atomic E-state index is -1.22. The maximum absolute atomic E-state index is 14.6. The van der Waals surface area contributed by atoms with Crippen LogP contribution in [0.25, 0.3) is 0 Å². The van der Waals surface area contributed by atoms with Gasteiger partial charge in [-0.25, -0.2) is 4.39 Å². The number of rotatable bonds is 5. The summed E-state index contributed by atoms with van der Waals surface area (Å²) in [6, 6.07) is 4.70. The number of hydrogen-bond acceptors (Lipinski definition) is 2. The van der Waals surface area contributed by atoms with Gasteiger partial charge in [-0.15, -0.1) is 0 Å². The lowest BCUT2D eigenvalue weighted by molar-refractivity contribution is -0.127. The Balaban J connectivity index is 3.59. The molecule has 23 heavy (non-hydrogen) atoms. The average molecular weight is 405 g/mol. The predicted molar refractivity (Wildman–Crippen MR) is 98.7 cm³/mol. The Kier molecular flexibility index (Phi) is 6.02. The Morgan fingerprint density at radius 3 is 2.13 bits per heavy atom. The Bertz CT molecular complexity index is 634. The molecule has 5 heteroatoms. The molecule has 0 radical (unpaired) electrons. The molecule has 0 aromatic heterocycles. The fourth-order valence-corrected chi connectivity index (χ4v) is 4.22. The molecule has 0 unspecified atom stereocenters. The third-order valence-corrected chi connectivity index (χ3v) is 7.58. The first kappa shape index (κ1) is 20.5. The van der Waals surface area contributed by atoms with E-state index in [-0.39, 0.29) is 17.4 Å². The zero-order valence-electron chi connectivity index (χ0n) is 14.9. The van der Waals surface area contributed by atoms with E-state index in [1.54, 1.807) is 26.0 Å². The fourth-order valence-electron chi connectivity index (χ4n) is 2.38. The van der Waals surface area contributed by atoms with Gasteiger partial charge < -0.3 is 0 Å². The predicted octanol–water partition coefficient (Wildman–Crippen LogP) is 5.01. The molecule has 1 aromatic rings. The maximum Gasteiger partial charge on any atom is 0.136 e. The quantitative estimate of drug-likeness (QED) is 0.690. The molecule has 1 aromatic carbocycles. The van der Waals surface area contributed by atoms with E-state index in [1.807, 2.05) is 27.7 Å². The van der Waals surface area contributed by atoms with Gasteiger partial charge in [-0.3, -0.25) is 9.00 Å². The summed E-state index contributed by atoms with van der Waals surface area (Å²) in [5.74, 6) is -0.211. The summed E-state index contributed by atoms with van der Waals surface area (Å²) in [5, 5.41) is 0. The highest BCUT2D eigenvalue weighted by atomic mass is 79.9. The lowest BCUT2D eigenvalue weighted by Crippen LogP contribution is -2.50. The Morgan fingerprint density at radius 2 is 1.70 bits per heavy atom. The molecule has 0 aliphatic heterocycles. The molecule has 0 bridgehead atoms. The summed E-state index contributed by atoms with van der Waals surface area (Å²) in [4.78, 5) is 12.3. The van der Waals surface area contributed by atoms with Crippen molar-refractivity contribution in [2.75, 3.05) is 5.75 Å². The first-order chi connectivity index (χ1) is 10.2. The SMILES string of the molecule is CC(=O)C(C)(C)[C@](C)(C[S@@](=O)C(C)(C)C)c1cc(Br)ccc1F. The average Bonchev–Trinajstić information content (AvgIpc) is 2.39. The summed E-state index contributed by atoms with van der Waals surface area (Å²) < 4.78 is 27.7. The molecule has 0 spiro atoms. The van der Waals surface area contributed by atoms with Gasteiger partial charge in [0.15, 0.2) is 0 Å². The van der Waals surface area contributed by atoms with Crippen molar-refractivity contribution in [3.63, 3.8) is 0 Å². The van der Waals surface area contributed by atoms with Crippen molar-refractivity contribution in [2.24, 2.45) is 5.41 Å². The second kappa shape index (κ2) is 6.75. The number of hydrogen-bond donors (Lipinski definition) is 0. The van der Waals surface area contributed by atoms with Crippen molar-refractivity contribution in [3.05, 3.63) is 34.1 Å². The van der Waals surface area contributed by atoms with Gasteiger partial charge in [-0.1, -0.05) is 36.7 Å². The van der Waals surface area contributed by atoms with E-state index in [0.29, 0.717) is 5.56 Å². The highest BCUT2D eigenvalue weighted by Gasteiger charge is 2.49. The molecule has 2 atom stereocenters. The van der Waals surface area contributed by atoms with Gasteiger partial charge in [-0.05, 0) is 51.5 Å². The Labute approximate surface area is 149 Å². The monoisotopic (exact) mass is 404 g/mol. The van der Waals surface area contributed by atoms with Crippen molar-refractivity contribution < 1.29 is 13.4 Å². The molecule has 1 rings (SSSR count). The summed E-state index contributed by atoms with van der Waals surface area (Å²) in [7, 11) is -1.22. The molecule has 0 amide bonds. The largest absolute Gasteiger partial charge is 0.299 e. The third-order valence-electron chi connectivity index (χ3n) is 4.89. The zero-order valence-corrected chi connectivity index (χ0v) is 17.3. The molecule has 0 heterocycles. The normalized spacial score (nSPS) is 16.7. The number of carbonyl (C=O) groups excluding carboxylic acids is 1. The lowest BCUT2D eigenvalue weighted by atomic mass is 9.62. The van der Waals surface area contributed by atoms with Gasteiger partial charge in [0.1, 0.15) is 11.6 Å². The van der Waals surface area contributed by atoms with Crippen LogP contribution >= 0.6 is 15.9 Å². The minimum absolute atomic E-state index is 0.0507. The Hall–Kier alpha value is -0.550. The minimum Gasteiger partial charge on any atom is -0.299 e. The van der Waals surface area contributed by atoms with Crippen molar-refractivity contribution in [2.45, 2.75) is 58.6 Å². The van der Waals surface area contributed by atoms with E-state index in [1.165, 1.54) is 13.0 Å². The van der Waals surface area contributed by atoms with Crippen LogP contribution in [0.15, 0.2) is 22.7 Å². The first-order valence-corrected chi connectivity index (χ1v) is 9.70. The van der Waals surface area contributed by atoms with Crippen LogP contribution in [-0.2, 0) is 21.0 Å². The van der Waals surface area contributed by atoms with E-state index >= 15 is 0 Å². The van der Waals surface area contributed by atoms with E-state index in [2.05, 4.69) is 15.9 Å². The summed E-state index contributed by atoms with van der Waals surface area (Å²) in [6.45, 7) is 12.6. The van der Waals surface area contributed by atoms with Crippen LogP contribution in [-0.4, -0.2) is 20.5 Å². The summed E-state index contributed by atoms with van der Waals surface area (Å²) >= 11 is 3.37. The van der Waals surface area contributed by atoms with Gasteiger partial charge >= 0.3 is 0 Å². The molecular formula is C18H26BrFO2S. The lowest BCUT2D eigenvalue weighted by Gasteiger charge is -2.44. The highest BCUT2D eigenvalue weighted by Crippen LogP contribution is 2.45. The number of ketones is 1. The number of halogens is 2. The molecule has 130 valence electrons. The van der Waals surface area contributed by atoms with Crippen LogP contribution < -0.4 is 0 Å². The highest BCUT2D eigenvalue weighted by molar-refractivity contribution is 9.10. The zero-order chi connectivity index (χ0) is 18.2. The molecule has 0 fully saturated rings. The van der Waals surface area contributed by atoms with Crippen molar-refractivity contribution in [3.8, 4) is 0 Å². The fraction of sp³-hybridized carbons (Fsp3) is 0.611. The van der Waals surface area contributed by atoms with E-state index in [9.17, 15) is 13.4 Å². The van der Waals surface area contributed by atoms with Crippen molar-refractivity contribution in [1.29, 1.82) is 0 Å². The van der Waals surface area contributed by atoms with Crippen LogP contribution in [0.4, 0.5) is 4.39 Å². The van der Waals surface area contributed by atoms with Crippen LogP contribution in [0.1, 0.15) is 54.0 Å². The maximum atomic E-state index is 14.6.